The van der Waals surface area contributed by atoms with Crippen LogP contribution in [0.3, 0.4) is 0 Å². The van der Waals surface area contributed by atoms with Gasteiger partial charge in [-0.3, -0.25) is 4.79 Å². The van der Waals surface area contributed by atoms with Crippen molar-refractivity contribution in [3.8, 4) is 23.3 Å². The molecule has 4 nitrogen and oxygen atoms in total. The minimum atomic E-state index is -0.221. The predicted octanol–water partition coefficient (Wildman–Crippen LogP) is 4.70. The average molecular weight is 394 g/mol. The lowest BCUT2D eigenvalue weighted by molar-refractivity contribution is 0.0956. The largest absolute Gasteiger partial charge is 0.493 e. The summed E-state index contributed by atoms with van der Waals surface area (Å²) >= 11 is 6.02. The van der Waals surface area contributed by atoms with Gasteiger partial charge in [0.25, 0.3) is 5.91 Å². The highest BCUT2D eigenvalue weighted by Gasteiger charge is 2.15. The average Bonchev–Trinajstić information content (AvgIpc) is 2.71. The number of para-hydroxylation sites is 1. The number of benzene rings is 3. The van der Waals surface area contributed by atoms with Crippen molar-refractivity contribution >= 4 is 28.3 Å². The molecule has 0 spiro atoms. The van der Waals surface area contributed by atoms with Crippen LogP contribution in [0.15, 0.2) is 60.7 Å². The quantitative estimate of drug-likeness (QED) is 0.617. The summed E-state index contributed by atoms with van der Waals surface area (Å²) in [6.07, 6.45) is 0. The molecule has 1 N–H and O–H groups in total. The number of nitrogens with one attached hydrogen (secondary N) is 1. The molecular weight excluding hydrogens is 374 g/mol. The summed E-state index contributed by atoms with van der Waals surface area (Å²) in [6.45, 7) is 2.77. The van der Waals surface area contributed by atoms with E-state index in [1.807, 2.05) is 55.5 Å². The van der Waals surface area contributed by atoms with Gasteiger partial charge in [0.05, 0.1) is 23.7 Å². The van der Waals surface area contributed by atoms with Crippen LogP contribution in [-0.2, 0) is 0 Å². The highest BCUT2D eigenvalue weighted by Crippen LogP contribution is 2.28. The molecule has 0 atom stereocenters. The third-order valence-electron chi connectivity index (χ3n) is 4.02. The van der Waals surface area contributed by atoms with Crippen molar-refractivity contribution in [1.82, 2.24) is 5.32 Å². The van der Waals surface area contributed by atoms with E-state index in [9.17, 15) is 4.79 Å². The van der Waals surface area contributed by atoms with Gasteiger partial charge in [-0.25, -0.2) is 0 Å². The first-order chi connectivity index (χ1) is 13.7. The van der Waals surface area contributed by atoms with Gasteiger partial charge < -0.3 is 14.8 Å². The molecule has 0 saturated heterocycles. The maximum absolute atomic E-state index is 12.7. The number of carbonyl (C=O) groups is 1. The molecule has 0 saturated carbocycles. The fourth-order valence-corrected chi connectivity index (χ4v) is 2.95. The maximum Gasteiger partial charge on any atom is 0.256 e. The van der Waals surface area contributed by atoms with Gasteiger partial charge >= 0.3 is 0 Å². The molecule has 142 valence electrons. The molecule has 0 aliphatic rings. The molecule has 0 radical (unpaired) electrons. The number of carbonyl (C=O) groups excluding carboxylic acids is 1. The van der Waals surface area contributed by atoms with Crippen LogP contribution in [0.25, 0.3) is 10.8 Å². The van der Waals surface area contributed by atoms with Crippen molar-refractivity contribution in [2.45, 2.75) is 6.92 Å². The van der Waals surface area contributed by atoms with Crippen molar-refractivity contribution in [2.24, 2.45) is 0 Å². The Bertz CT molecular complexity index is 1040. The Kier molecular flexibility index (Phi) is 6.78. The van der Waals surface area contributed by atoms with E-state index >= 15 is 0 Å². The molecule has 0 bridgehead atoms. The molecular formula is C23H20ClNO3. The highest BCUT2D eigenvalue weighted by molar-refractivity contribution is 6.32. The Morgan fingerprint density at radius 2 is 1.75 bits per heavy atom. The van der Waals surface area contributed by atoms with E-state index < -0.39 is 0 Å². The zero-order valence-electron chi connectivity index (χ0n) is 15.5. The Labute approximate surface area is 169 Å². The Morgan fingerprint density at radius 1 is 0.964 bits per heavy atom. The van der Waals surface area contributed by atoms with E-state index in [1.54, 1.807) is 12.1 Å². The smallest absolute Gasteiger partial charge is 0.256 e. The van der Waals surface area contributed by atoms with Crippen molar-refractivity contribution in [3.05, 3.63) is 71.2 Å². The third kappa shape index (κ3) is 4.76. The second kappa shape index (κ2) is 9.68. The van der Waals surface area contributed by atoms with Crippen LogP contribution in [-0.4, -0.2) is 25.7 Å². The summed E-state index contributed by atoms with van der Waals surface area (Å²) in [6, 6.07) is 18.7. The van der Waals surface area contributed by atoms with E-state index in [4.69, 9.17) is 21.1 Å². The van der Waals surface area contributed by atoms with Crippen molar-refractivity contribution in [3.63, 3.8) is 0 Å². The van der Waals surface area contributed by atoms with Gasteiger partial charge in [0.2, 0.25) is 0 Å². The van der Waals surface area contributed by atoms with E-state index in [0.29, 0.717) is 28.7 Å². The molecule has 1 amide bonds. The topological polar surface area (TPSA) is 47.6 Å². The molecule has 0 unspecified atom stereocenters. The standard InChI is InChI=1S/C23H20ClNO3/c1-2-27-21-14-13-17-9-3-4-10-18(17)22(21)23(26)25-15-7-8-16-28-20-12-6-5-11-19(20)24/h3-6,9-14H,2,15-16H2,1H3,(H,25,26). The van der Waals surface area contributed by atoms with Gasteiger partial charge in [-0.1, -0.05) is 65.9 Å². The molecule has 0 aliphatic carbocycles. The summed E-state index contributed by atoms with van der Waals surface area (Å²) in [7, 11) is 0. The van der Waals surface area contributed by atoms with E-state index in [2.05, 4.69) is 17.2 Å². The molecule has 0 aliphatic heterocycles. The van der Waals surface area contributed by atoms with Crippen LogP contribution in [0.5, 0.6) is 11.5 Å². The molecule has 3 aromatic rings. The molecule has 28 heavy (non-hydrogen) atoms. The minimum absolute atomic E-state index is 0.193. The van der Waals surface area contributed by atoms with Crippen molar-refractivity contribution < 1.29 is 14.3 Å². The van der Waals surface area contributed by atoms with Gasteiger partial charge in [-0.15, -0.1) is 0 Å². The lowest BCUT2D eigenvalue weighted by Gasteiger charge is -2.12. The first-order valence-corrected chi connectivity index (χ1v) is 9.34. The zero-order chi connectivity index (χ0) is 19.8. The van der Waals surface area contributed by atoms with Gasteiger partial charge in [0.15, 0.2) is 0 Å². The maximum atomic E-state index is 12.7. The molecule has 0 fully saturated rings. The van der Waals surface area contributed by atoms with Gasteiger partial charge in [0, 0.05) is 0 Å². The number of hydrogen-bond acceptors (Lipinski definition) is 3. The Balaban J connectivity index is 1.64. The number of halogens is 1. The third-order valence-corrected chi connectivity index (χ3v) is 4.33. The summed E-state index contributed by atoms with van der Waals surface area (Å²) in [5.41, 5.74) is 0.522. The SMILES string of the molecule is CCOc1ccc2ccccc2c1C(=O)NCC#CCOc1ccccc1Cl. The molecule has 0 aromatic heterocycles. The fourth-order valence-electron chi connectivity index (χ4n) is 2.76. The molecule has 3 rings (SSSR count). The molecule has 5 heteroatoms. The lowest BCUT2D eigenvalue weighted by Crippen LogP contribution is -2.24. The van der Waals surface area contributed by atoms with Gasteiger partial charge in [-0.2, -0.15) is 0 Å². The molecule has 3 aromatic carbocycles. The van der Waals surface area contributed by atoms with E-state index in [-0.39, 0.29) is 19.1 Å². The Hall–Kier alpha value is -3.16. The van der Waals surface area contributed by atoms with E-state index in [1.165, 1.54) is 0 Å². The van der Waals surface area contributed by atoms with Crippen LogP contribution in [0.4, 0.5) is 0 Å². The van der Waals surface area contributed by atoms with Crippen LogP contribution < -0.4 is 14.8 Å². The van der Waals surface area contributed by atoms with Crippen LogP contribution in [0.2, 0.25) is 5.02 Å². The van der Waals surface area contributed by atoms with Gasteiger partial charge in [-0.05, 0) is 35.9 Å². The monoisotopic (exact) mass is 393 g/mol. The van der Waals surface area contributed by atoms with Crippen LogP contribution in [0.1, 0.15) is 17.3 Å². The summed E-state index contributed by atoms with van der Waals surface area (Å²) in [4.78, 5) is 12.7. The summed E-state index contributed by atoms with van der Waals surface area (Å²) < 4.78 is 11.1. The lowest BCUT2D eigenvalue weighted by atomic mass is 10.0. The summed E-state index contributed by atoms with van der Waals surface area (Å²) in [5, 5.41) is 5.19. The minimum Gasteiger partial charge on any atom is -0.493 e. The molecule has 0 heterocycles. The first kappa shape index (κ1) is 19.6. The van der Waals surface area contributed by atoms with Crippen LogP contribution >= 0.6 is 11.6 Å². The second-order valence-corrected chi connectivity index (χ2v) is 6.26. The van der Waals surface area contributed by atoms with Gasteiger partial charge in [0.1, 0.15) is 18.1 Å². The summed E-state index contributed by atoms with van der Waals surface area (Å²) in [5.74, 6) is 6.68. The van der Waals surface area contributed by atoms with Crippen molar-refractivity contribution in [2.75, 3.05) is 19.8 Å². The normalized spacial score (nSPS) is 10.1. The van der Waals surface area contributed by atoms with Crippen LogP contribution in [0, 0.1) is 11.8 Å². The predicted molar refractivity (Wildman–Crippen MR) is 112 cm³/mol. The fraction of sp³-hybridized carbons (Fsp3) is 0.174. The van der Waals surface area contributed by atoms with Crippen molar-refractivity contribution in [1.29, 1.82) is 0 Å². The number of hydrogen-bond donors (Lipinski definition) is 1. The highest BCUT2D eigenvalue weighted by atomic mass is 35.5. The second-order valence-electron chi connectivity index (χ2n) is 5.85. The number of amides is 1. The first-order valence-electron chi connectivity index (χ1n) is 8.96. The Morgan fingerprint density at radius 3 is 2.57 bits per heavy atom. The number of ether oxygens (including phenoxy) is 2. The number of rotatable bonds is 6. The zero-order valence-corrected chi connectivity index (χ0v) is 16.3. The number of fused-ring (bicyclic) bond motifs is 1. The van der Waals surface area contributed by atoms with E-state index in [0.717, 1.165) is 10.8 Å².